The predicted molar refractivity (Wildman–Crippen MR) is 101 cm³/mol. The second kappa shape index (κ2) is 8.93. The number of halogens is 1. The van der Waals surface area contributed by atoms with E-state index >= 15 is 0 Å². The number of hydrogen-bond donors (Lipinski definition) is 1. The smallest absolute Gasteiger partial charge is 0.259 e. The molecule has 1 amide bonds. The van der Waals surface area contributed by atoms with Gasteiger partial charge in [0.25, 0.3) is 5.91 Å². The maximum atomic E-state index is 11.2. The summed E-state index contributed by atoms with van der Waals surface area (Å²) in [7, 11) is 0. The fraction of sp³-hybridized carbons (Fsp3) is 0.200. The fourth-order valence-corrected chi connectivity index (χ4v) is 2.37. The lowest BCUT2D eigenvalue weighted by Crippen LogP contribution is -2.13. The van der Waals surface area contributed by atoms with Gasteiger partial charge in [-0.15, -0.1) is 0 Å². The van der Waals surface area contributed by atoms with Crippen molar-refractivity contribution < 1.29 is 14.3 Å². The maximum Gasteiger partial charge on any atom is 0.259 e. The minimum atomic E-state index is -0.809. The van der Waals surface area contributed by atoms with Crippen molar-refractivity contribution in [1.29, 1.82) is 5.26 Å². The van der Waals surface area contributed by atoms with Crippen molar-refractivity contribution in [3.05, 3.63) is 63.7 Å². The normalized spacial score (nSPS) is 10.9. The average molecular weight is 371 g/mol. The quantitative estimate of drug-likeness (QED) is 0.456. The molecule has 0 saturated carbocycles. The highest BCUT2D eigenvalue weighted by molar-refractivity contribution is 6.30. The molecule has 0 spiro atoms. The molecule has 0 aromatic heterocycles. The average Bonchev–Trinajstić information content (AvgIpc) is 2.60. The van der Waals surface area contributed by atoms with Crippen LogP contribution in [0, 0.1) is 25.2 Å². The van der Waals surface area contributed by atoms with Crippen molar-refractivity contribution in [2.45, 2.75) is 13.8 Å². The van der Waals surface area contributed by atoms with E-state index in [1.54, 1.807) is 24.3 Å². The van der Waals surface area contributed by atoms with Gasteiger partial charge in [0, 0.05) is 10.6 Å². The lowest BCUT2D eigenvalue weighted by atomic mass is 10.1. The van der Waals surface area contributed by atoms with Crippen LogP contribution in [0.4, 0.5) is 0 Å². The molecule has 0 aliphatic heterocycles. The molecular weight excluding hydrogens is 352 g/mol. The molecule has 2 N–H and O–H groups in total. The Bertz CT molecular complexity index is 885. The summed E-state index contributed by atoms with van der Waals surface area (Å²) in [6, 6.07) is 12.6. The zero-order valence-electron chi connectivity index (χ0n) is 14.6. The third-order valence-corrected chi connectivity index (χ3v) is 3.98. The first kappa shape index (κ1) is 19.4. The molecule has 134 valence electrons. The minimum absolute atomic E-state index is 0.177. The number of nitrogens with zero attached hydrogens (tertiary/aromatic N) is 1. The molecule has 26 heavy (non-hydrogen) atoms. The van der Waals surface area contributed by atoms with Gasteiger partial charge < -0.3 is 15.2 Å². The first-order valence-electron chi connectivity index (χ1n) is 7.94. The first-order chi connectivity index (χ1) is 12.4. The van der Waals surface area contributed by atoms with Gasteiger partial charge in [-0.3, -0.25) is 4.79 Å². The van der Waals surface area contributed by atoms with Gasteiger partial charge in [0.1, 0.15) is 36.4 Å². The molecule has 5 nitrogen and oxygen atoms in total. The zero-order chi connectivity index (χ0) is 19.1. The number of rotatable bonds is 7. The molecule has 0 radical (unpaired) electrons. The summed E-state index contributed by atoms with van der Waals surface area (Å²) in [5.41, 5.74) is 7.85. The van der Waals surface area contributed by atoms with E-state index < -0.39 is 5.91 Å². The second-order valence-electron chi connectivity index (χ2n) is 5.66. The van der Waals surface area contributed by atoms with Gasteiger partial charge in [-0.05, 0) is 61.4 Å². The third-order valence-electron chi connectivity index (χ3n) is 3.75. The van der Waals surface area contributed by atoms with Gasteiger partial charge >= 0.3 is 0 Å². The molecule has 0 saturated heterocycles. The molecule has 2 aromatic carbocycles. The van der Waals surface area contributed by atoms with Crippen LogP contribution in [0.15, 0.2) is 42.0 Å². The number of amides is 1. The third kappa shape index (κ3) is 5.27. The predicted octanol–water partition coefficient (Wildman–Crippen LogP) is 3.81. The summed E-state index contributed by atoms with van der Waals surface area (Å²) in [6.07, 6.45) is 1.35. The van der Waals surface area contributed by atoms with Crippen LogP contribution in [0.1, 0.15) is 16.7 Å². The second-order valence-corrected chi connectivity index (χ2v) is 6.10. The van der Waals surface area contributed by atoms with Gasteiger partial charge in [-0.1, -0.05) is 17.7 Å². The van der Waals surface area contributed by atoms with E-state index in [2.05, 4.69) is 0 Å². The Morgan fingerprint density at radius 2 is 1.88 bits per heavy atom. The Labute approximate surface area is 157 Å². The number of hydrogen-bond acceptors (Lipinski definition) is 4. The Kier molecular flexibility index (Phi) is 6.65. The molecule has 0 bridgehead atoms. The summed E-state index contributed by atoms with van der Waals surface area (Å²) in [5.74, 6) is 0.442. The Balaban J connectivity index is 2.04. The van der Waals surface area contributed by atoms with Crippen molar-refractivity contribution in [1.82, 2.24) is 0 Å². The van der Waals surface area contributed by atoms with E-state index in [1.165, 1.54) is 11.6 Å². The molecule has 0 atom stereocenters. The van der Waals surface area contributed by atoms with Gasteiger partial charge in [0.2, 0.25) is 0 Å². The number of nitrogens with two attached hydrogens (primary N) is 1. The number of benzene rings is 2. The number of primary amides is 1. The van der Waals surface area contributed by atoms with E-state index in [0.29, 0.717) is 22.9 Å². The summed E-state index contributed by atoms with van der Waals surface area (Å²) in [6.45, 7) is 4.69. The van der Waals surface area contributed by atoms with Crippen LogP contribution in [0.3, 0.4) is 0 Å². The summed E-state index contributed by atoms with van der Waals surface area (Å²) >= 11 is 5.98. The monoisotopic (exact) mass is 370 g/mol. The zero-order valence-corrected chi connectivity index (χ0v) is 15.3. The summed E-state index contributed by atoms with van der Waals surface area (Å²) < 4.78 is 11.4. The van der Waals surface area contributed by atoms with Crippen LogP contribution in [0.5, 0.6) is 11.5 Å². The standard InChI is InChI=1S/C20H19ClN2O3/c1-13-3-5-18(9-14(13)2)25-7-8-26-19-6-4-17(21)11-15(19)10-16(12-22)20(23)24/h3-6,9-11H,7-8H2,1-2H3,(H2,23,24)/b16-10-. The van der Waals surface area contributed by atoms with Crippen LogP contribution in [-0.2, 0) is 4.79 Å². The molecule has 2 aromatic rings. The Morgan fingerprint density at radius 1 is 1.15 bits per heavy atom. The van der Waals surface area contributed by atoms with Crippen LogP contribution in [-0.4, -0.2) is 19.1 Å². The number of carbonyl (C=O) groups is 1. The summed E-state index contributed by atoms with van der Waals surface area (Å²) in [4.78, 5) is 11.2. The lowest BCUT2D eigenvalue weighted by molar-refractivity contribution is -0.114. The molecule has 6 heteroatoms. The van der Waals surface area contributed by atoms with Gasteiger partial charge in [-0.25, -0.2) is 0 Å². The van der Waals surface area contributed by atoms with Crippen LogP contribution < -0.4 is 15.2 Å². The Hall–Kier alpha value is -2.97. The van der Waals surface area contributed by atoms with E-state index in [9.17, 15) is 4.79 Å². The molecule has 0 aliphatic rings. The van der Waals surface area contributed by atoms with Crippen molar-refractivity contribution in [3.63, 3.8) is 0 Å². The van der Waals surface area contributed by atoms with E-state index in [0.717, 1.165) is 11.3 Å². The largest absolute Gasteiger partial charge is 0.490 e. The molecule has 2 rings (SSSR count). The molecular formula is C20H19ClN2O3. The van der Waals surface area contributed by atoms with Gasteiger partial charge in [0.05, 0.1) is 0 Å². The maximum absolute atomic E-state index is 11.2. The number of ether oxygens (including phenoxy) is 2. The SMILES string of the molecule is Cc1ccc(OCCOc2ccc(Cl)cc2/C=C(/C#N)C(N)=O)cc1C. The molecule has 0 unspecified atom stereocenters. The summed E-state index contributed by atoms with van der Waals surface area (Å²) in [5, 5.41) is 9.44. The van der Waals surface area contributed by atoms with Crippen molar-refractivity contribution in [2.75, 3.05) is 13.2 Å². The highest BCUT2D eigenvalue weighted by Crippen LogP contribution is 2.25. The number of aryl methyl sites for hydroxylation is 2. The minimum Gasteiger partial charge on any atom is -0.490 e. The fourth-order valence-electron chi connectivity index (χ4n) is 2.19. The topological polar surface area (TPSA) is 85.3 Å². The molecule has 0 heterocycles. The van der Waals surface area contributed by atoms with Crippen molar-refractivity contribution >= 4 is 23.6 Å². The first-order valence-corrected chi connectivity index (χ1v) is 8.32. The number of carbonyl (C=O) groups excluding carboxylic acids is 1. The van der Waals surface area contributed by atoms with Gasteiger partial charge in [0.15, 0.2) is 0 Å². The van der Waals surface area contributed by atoms with E-state index in [-0.39, 0.29) is 12.2 Å². The van der Waals surface area contributed by atoms with Gasteiger partial charge in [-0.2, -0.15) is 5.26 Å². The highest BCUT2D eigenvalue weighted by Gasteiger charge is 2.08. The van der Waals surface area contributed by atoms with E-state index in [4.69, 9.17) is 32.1 Å². The van der Waals surface area contributed by atoms with Crippen LogP contribution in [0.2, 0.25) is 5.02 Å². The van der Waals surface area contributed by atoms with Crippen molar-refractivity contribution in [2.24, 2.45) is 5.73 Å². The van der Waals surface area contributed by atoms with E-state index in [1.807, 2.05) is 32.0 Å². The highest BCUT2D eigenvalue weighted by atomic mass is 35.5. The molecule has 0 fully saturated rings. The van der Waals surface area contributed by atoms with Crippen LogP contribution in [0.25, 0.3) is 6.08 Å². The number of nitriles is 1. The Morgan fingerprint density at radius 3 is 2.54 bits per heavy atom. The van der Waals surface area contributed by atoms with Crippen molar-refractivity contribution in [3.8, 4) is 17.6 Å². The lowest BCUT2D eigenvalue weighted by Gasteiger charge is -2.12. The van der Waals surface area contributed by atoms with Crippen LogP contribution >= 0.6 is 11.6 Å². The molecule has 0 aliphatic carbocycles.